The SMILES string of the molecule is Cc1cc(C)c(/C(=C/CCC(=O)O)C(C)C)cc1C. The molecule has 0 radical (unpaired) electrons. The van der Waals surface area contributed by atoms with E-state index in [9.17, 15) is 4.79 Å². The van der Waals surface area contributed by atoms with Gasteiger partial charge in [-0.25, -0.2) is 0 Å². The van der Waals surface area contributed by atoms with Gasteiger partial charge in [0.2, 0.25) is 0 Å². The van der Waals surface area contributed by atoms with Gasteiger partial charge in [-0.2, -0.15) is 0 Å². The summed E-state index contributed by atoms with van der Waals surface area (Å²) in [5, 5.41) is 8.74. The van der Waals surface area contributed by atoms with Crippen LogP contribution in [0.25, 0.3) is 5.57 Å². The van der Waals surface area contributed by atoms with E-state index in [1.807, 2.05) is 0 Å². The summed E-state index contributed by atoms with van der Waals surface area (Å²) in [7, 11) is 0. The van der Waals surface area contributed by atoms with Crippen molar-refractivity contribution in [2.45, 2.75) is 47.5 Å². The lowest BCUT2D eigenvalue weighted by Crippen LogP contribution is -2.00. The lowest BCUT2D eigenvalue weighted by atomic mass is 9.88. The van der Waals surface area contributed by atoms with Gasteiger partial charge in [0.05, 0.1) is 0 Å². The summed E-state index contributed by atoms with van der Waals surface area (Å²) in [4.78, 5) is 10.6. The molecule has 0 unspecified atom stereocenters. The van der Waals surface area contributed by atoms with Gasteiger partial charge in [-0.1, -0.05) is 32.1 Å². The van der Waals surface area contributed by atoms with Crippen molar-refractivity contribution >= 4 is 11.5 Å². The Hall–Kier alpha value is -1.57. The fourth-order valence-corrected chi connectivity index (χ4v) is 2.28. The number of hydrogen-bond donors (Lipinski definition) is 1. The maximum absolute atomic E-state index is 10.6. The van der Waals surface area contributed by atoms with Crippen molar-refractivity contribution in [2.24, 2.45) is 5.92 Å². The average molecular weight is 260 g/mol. The van der Waals surface area contributed by atoms with Crippen LogP contribution in [0.2, 0.25) is 0 Å². The molecule has 19 heavy (non-hydrogen) atoms. The zero-order valence-corrected chi connectivity index (χ0v) is 12.6. The predicted octanol–water partition coefficient (Wildman–Crippen LogP) is 4.52. The highest BCUT2D eigenvalue weighted by Crippen LogP contribution is 2.28. The summed E-state index contributed by atoms with van der Waals surface area (Å²) in [6.45, 7) is 10.7. The fourth-order valence-electron chi connectivity index (χ4n) is 2.28. The van der Waals surface area contributed by atoms with E-state index in [1.54, 1.807) is 0 Å². The van der Waals surface area contributed by atoms with Crippen molar-refractivity contribution in [3.05, 3.63) is 40.5 Å². The summed E-state index contributed by atoms with van der Waals surface area (Å²) >= 11 is 0. The molecule has 1 N–H and O–H groups in total. The van der Waals surface area contributed by atoms with Crippen LogP contribution >= 0.6 is 0 Å². The lowest BCUT2D eigenvalue weighted by molar-refractivity contribution is -0.136. The number of carbonyl (C=O) groups is 1. The van der Waals surface area contributed by atoms with Crippen LogP contribution in [0.15, 0.2) is 18.2 Å². The van der Waals surface area contributed by atoms with Gasteiger partial charge in [-0.05, 0) is 60.9 Å². The summed E-state index contributed by atoms with van der Waals surface area (Å²) in [5.74, 6) is -0.342. The zero-order chi connectivity index (χ0) is 14.6. The molecule has 0 heterocycles. The molecular formula is C17H24O2. The molecule has 0 bridgehead atoms. The van der Waals surface area contributed by atoms with E-state index in [2.05, 4.69) is 52.8 Å². The third-order valence-electron chi connectivity index (χ3n) is 3.50. The molecule has 0 saturated heterocycles. The maximum Gasteiger partial charge on any atom is 0.303 e. The van der Waals surface area contributed by atoms with Crippen molar-refractivity contribution in [3.8, 4) is 0 Å². The van der Waals surface area contributed by atoms with Crippen molar-refractivity contribution in [1.82, 2.24) is 0 Å². The summed E-state index contributed by atoms with van der Waals surface area (Å²) in [6, 6.07) is 4.43. The Kier molecular flexibility index (Phi) is 5.34. The first-order valence-electron chi connectivity index (χ1n) is 6.83. The van der Waals surface area contributed by atoms with Crippen LogP contribution in [-0.4, -0.2) is 11.1 Å². The van der Waals surface area contributed by atoms with E-state index < -0.39 is 5.97 Å². The summed E-state index contributed by atoms with van der Waals surface area (Å²) in [5.41, 5.74) is 6.35. The molecule has 0 fully saturated rings. The van der Waals surface area contributed by atoms with Gasteiger partial charge >= 0.3 is 5.97 Å². The Balaban J connectivity index is 3.12. The molecule has 104 valence electrons. The molecule has 0 aliphatic carbocycles. The molecule has 1 aromatic carbocycles. The molecule has 0 aliphatic rings. The van der Waals surface area contributed by atoms with E-state index in [4.69, 9.17) is 5.11 Å². The lowest BCUT2D eigenvalue weighted by Gasteiger charge is -2.17. The number of rotatable bonds is 5. The molecule has 0 atom stereocenters. The first kappa shape index (κ1) is 15.5. The number of aryl methyl sites for hydroxylation is 3. The quantitative estimate of drug-likeness (QED) is 0.845. The van der Waals surface area contributed by atoms with Gasteiger partial charge in [0.25, 0.3) is 0 Å². The van der Waals surface area contributed by atoms with E-state index in [0.717, 1.165) is 0 Å². The number of aliphatic carboxylic acids is 1. The highest BCUT2D eigenvalue weighted by molar-refractivity contribution is 5.72. The maximum atomic E-state index is 10.6. The molecule has 2 heteroatoms. The van der Waals surface area contributed by atoms with Crippen LogP contribution < -0.4 is 0 Å². The fraction of sp³-hybridized carbons (Fsp3) is 0.471. The Labute approximate surface area is 116 Å². The number of allylic oxidation sites excluding steroid dienone is 2. The van der Waals surface area contributed by atoms with Gasteiger partial charge in [0.1, 0.15) is 0 Å². The van der Waals surface area contributed by atoms with Crippen LogP contribution in [0.4, 0.5) is 0 Å². The average Bonchev–Trinajstić information content (AvgIpc) is 2.29. The molecule has 0 amide bonds. The van der Waals surface area contributed by atoms with Crippen LogP contribution in [0, 0.1) is 26.7 Å². The first-order chi connectivity index (χ1) is 8.82. The highest BCUT2D eigenvalue weighted by atomic mass is 16.4. The minimum atomic E-state index is -0.740. The van der Waals surface area contributed by atoms with Gasteiger partial charge in [-0.3, -0.25) is 4.79 Å². The van der Waals surface area contributed by atoms with Crippen molar-refractivity contribution in [1.29, 1.82) is 0 Å². The monoisotopic (exact) mass is 260 g/mol. The van der Waals surface area contributed by atoms with Crippen molar-refractivity contribution in [2.75, 3.05) is 0 Å². The van der Waals surface area contributed by atoms with Gasteiger partial charge in [-0.15, -0.1) is 0 Å². The van der Waals surface area contributed by atoms with Crippen molar-refractivity contribution in [3.63, 3.8) is 0 Å². The Bertz CT molecular complexity index is 496. The van der Waals surface area contributed by atoms with Crippen LogP contribution in [0.1, 0.15) is 48.9 Å². The largest absolute Gasteiger partial charge is 0.481 e. The topological polar surface area (TPSA) is 37.3 Å². The standard InChI is InChI=1S/C17H24O2/c1-11(2)15(7-6-8-17(18)19)16-10-13(4)12(3)9-14(16)5/h7,9-11H,6,8H2,1-5H3,(H,18,19)/b15-7+. The van der Waals surface area contributed by atoms with E-state index >= 15 is 0 Å². The highest BCUT2D eigenvalue weighted by Gasteiger charge is 2.11. The summed E-state index contributed by atoms with van der Waals surface area (Å²) < 4.78 is 0. The van der Waals surface area contributed by atoms with E-state index in [1.165, 1.54) is 27.8 Å². The van der Waals surface area contributed by atoms with Gasteiger partial charge in [0.15, 0.2) is 0 Å². The van der Waals surface area contributed by atoms with Crippen LogP contribution in [0.5, 0.6) is 0 Å². The van der Waals surface area contributed by atoms with Gasteiger partial charge < -0.3 is 5.11 Å². The molecule has 0 spiro atoms. The van der Waals surface area contributed by atoms with Crippen LogP contribution in [0.3, 0.4) is 0 Å². The Morgan fingerprint density at radius 3 is 2.26 bits per heavy atom. The number of carboxylic acids is 1. The predicted molar refractivity (Wildman–Crippen MR) is 80.3 cm³/mol. The van der Waals surface area contributed by atoms with Gasteiger partial charge in [0, 0.05) is 6.42 Å². The number of hydrogen-bond acceptors (Lipinski definition) is 1. The molecule has 1 aromatic rings. The molecule has 0 aliphatic heterocycles. The first-order valence-corrected chi connectivity index (χ1v) is 6.83. The Morgan fingerprint density at radius 2 is 1.74 bits per heavy atom. The van der Waals surface area contributed by atoms with Crippen LogP contribution in [-0.2, 0) is 4.79 Å². The zero-order valence-electron chi connectivity index (χ0n) is 12.6. The minimum absolute atomic E-state index is 0.195. The number of carboxylic acid groups (broad SMARTS) is 1. The second kappa shape index (κ2) is 6.55. The molecular weight excluding hydrogens is 236 g/mol. The molecule has 2 nitrogen and oxygen atoms in total. The molecule has 0 saturated carbocycles. The third-order valence-corrected chi connectivity index (χ3v) is 3.50. The normalized spacial score (nSPS) is 12.0. The minimum Gasteiger partial charge on any atom is -0.481 e. The summed E-state index contributed by atoms with van der Waals surface area (Å²) in [6.07, 6.45) is 2.87. The third kappa shape index (κ3) is 4.23. The second-order valence-electron chi connectivity index (χ2n) is 5.50. The molecule has 1 rings (SSSR count). The second-order valence-corrected chi connectivity index (χ2v) is 5.50. The van der Waals surface area contributed by atoms with E-state index in [-0.39, 0.29) is 6.42 Å². The number of benzene rings is 1. The van der Waals surface area contributed by atoms with Crippen molar-refractivity contribution < 1.29 is 9.90 Å². The smallest absolute Gasteiger partial charge is 0.303 e. The molecule has 0 aromatic heterocycles. The van der Waals surface area contributed by atoms with E-state index in [0.29, 0.717) is 12.3 Å². The Morgan fingerprint density at radius 1 is 1.16 bits per heavy atom.